The summed E-state index contributed by atoms with van der Waals surface area (Å²) in [5.41, 5.74) is -12.4. The Kier molecular flexibility index (Phi) is 36.5. The fraction of sp³-hybridized carbons (Fsp3) is 0.276. The molecule has 7 rings (SSSR count). The minimum Gasteiger partial charge on any atom is -0.478 e. The van der Waals surface area contributed by atoms with Crippen molar-refractivity contribution in [3.8, 4) is 0 Å². The van der Waals surface area contributed by atoms with Crippen LogP contribution in [0.3, 0.4) is 0 Å². The van der Waals surface area contributed by atoms with Gasteiger partial charge in [0.15, 0.2) is 0 Å². The fourth-order valence-corrected chi connectivity index (χ4v) is 10.9. The van der Waals surface area contributed by atoms with Crippen LogP contribution in [0.5, 0.6) is 0 Å². The Labute approximate surface area is 728 Å². The quantitative estimate of drug-likeness (QED) is 0.0174. The Hall–Kier alpha value is -16.6. The van der Waals surface area contributed by atoms with Gasteiger partial charge < -0.3 is 86.4 Å². The molecule has 0 saturated heterocycles. The SMILES string of the molecule is C=C(C)C(=O)OCCOC(=O)c1ccccc1C(=O)OCC(C)OC(=O)c1ccc(C(=O)O)c(C(=O)OCCn2c(=O)n(CCOC(=O)c3cc(C(=O)OC(C)COC(=O)c4ccccc4C(=O)OCCOC(=O)C(=C)C)ccc3C(=O)O)c(=O)n(CCOC(=O)c3cc(C(=O)OC(C)COC(=O)c4ccccc4C(=O)OCCOC(=O)C(=C)C)ccc3C(=O)O)c2=O)c1. The summed E-state index contributed by atoms with van der Waals surface area (Å²) in [5.74, 6) is -22.0. The molecular weight excluding hydrogens is 1710 g/mol. The van der Waals surface area contributed by atoms with E-state index in [1.54, 1.807) is 0 Å². The Bertz CT molecular complexity index is 5240. The van der Waals surface area contributed by atoms with Gasteiger partial charge in [-0.25, -0.2) is 114 Å². The lowest BCUT2D eigenvalue weighted by atomic mass is 10.0. The molecule has 0 aliphatic heterocycles. The molecular formula is C87H81N3O39. The monoisotopic (exact) mass is 1790 g/mol. The normalized spacial score (nSPS) is 11.3. The molecule has 42 heteroatoms. The number of ether oxygens (including phenoxy) is 15. The maximum Gasteiger partial charge on any atom is 0.339 e. The van der Waals surface area contributed by atoms with Crippen LogP contribution in [0.1, 0.15) is 197 Å². The van der Waals surface area contributed by atoms with Crippen molar-refractivity contribution in [1.82, 2.24) is 13.7 Å². The number of hydrogen-bond donors (Lipinski definition) is 3. The van der Waals surface area contributed by atoms with Crippen molar-refractivity contribution < 1.29 is 173 Å². The summed E-state index contributed by atoms with van der Waals surface area (Å²) in [6.07, 6.45) is -3.87. The Balaban J connectivity index is 1.08. The number of hydrogen-bond acceptors (Lipinski definition) is 36. The van der Waals surface area contributed by atoms with Gasteiger partial charge in [0, 0.05) is 16.7 Å². The van der Waals surface area contributed by atoms with Crippen LogP contribution in [0.25, 0.3) is 0 Å². The van der Waals surface area contributed by atoms with E-state index in [-0.39, 0.29) is 83.6 Å². The van der Waals surface area contributed by atoms with Gasteiger partial charge in [0.05, 0.1) is 103 Å². The number of carboxylic acids is 3. The molecule has 1 heterocycles. The van der Waals surface area contributed by atoms with Crippen molar-refractivity contribution in [2.24, 2.45) is 0 Å². The number of nitrogens with zero attached hydrogens (tertiary/aromatic N) is 3. The zero-order valence-electron chi connectivity index (χ0n) is 69.5. The van der Waals surface area contributed by atoms with Gasteiger partial charge in [0.25, 0.3) is 0 Å². The highest BCUT2D eigenvalue weighted by molar-refractivity contribution is 6.09. The van der Waals surface area contributed by atoms with E-state index < -0.39 is 272 Å². The number of benzene rings is 6. The standard InChI is InChI=1S/C87H81N3O39/c1-46(2)70(97)118-34-37-121-76(103)58-16-10-13-19-61(58)79(106)124-43-49(7)127-73(100)52-22-25-55(67(91)92)64(40-52)82(109)115-31-28-88-85(112)89(29-32-116-83(110)65-41-53(23-26-56(65)68(93)94)74(101)128-50(8)44-125-80(107)62-20-14-11-17-59(62)77(104)122-38-35-119-71(98)47(3)4)87(114)90(86(88)113)30-33-117-84(111)66-42-54(24-27-57(66)69(95)96)75(102)129-51(9)45-126-81(108)63-21-15-12-18-60(63)78(105)123-39-36-120-72(99)48(5)6/h10-27,40-42,49-51H,1,3,5,28-39,43-45H2,2,4,6-9H3,(H,91,92)(H,93,94)(H,95,96). The van der Waals surface area contributed by atoms with Crippen molar-refractivity contribution in [1.29, 1.82) is 0 Å². The third-order valence-corrected chi connectivity index (χ3v) is 17.2. The zero-order chi connectivity index (χ0) is 95.0. The average molecular weight is 1790 g/mol. The minimum atomic E-state index is -1.76. The van der Waals surface area contributed by atoms with Crippen molar-refractivity contribution >= 4 is 107 Å². The Morgan fingerprint density at radius 1 is 0.264 bits per heavy atom. The summed E-state index contributed by atoms with van der Waals surface area (Å²) in [6, 6.07) is 23.2. The molecule has 6 aromatic carbocycles. The molecule has 678 valence electrons. The molecule has 0 aliphatic carbocycles. The lowest BCUT2D eigenvalue weighted by molar-refractivity contribution is -0.140. The van der Waals surface area contributed by atoms with Crippen LogP contribution in [0, 0.1) is 0 Å². The fourth-order valence-electron chi connectivity index (χ4n) is 10.9. The first-order chi connectivity index (χ1) is 61.2. The number of carbonyl (C=O) groups excluding carboxylic acids is 15. The number of aromatic carboxylic acids is 3. The highest BCUT2D eigenvalue weighted by atomic mass is 16.6. The molecule has 42 nitrogen and oxygen atoms in total. The smallest absolute Gasteiger partial charge is 0.339 e. The van der Waals surface area contributed by atoms with E-state index in [1.807, 2.05) is 0 Å². The van der Waals surface area contributed by atoms with E-state index in [1.165, 1.54) is 114 Å². The molecule has 129 heavy (non-hydrogen) atoms. The predicted molar refractivity (Wildman–Crippen MR) is 433 cm³/mol. The van der Waals surface area contributed by atoms with Gasteiger partial charge in [-0.05, 0) is 133 Å². The number of carboxylic acid groups (broad SMARTS) is 3. The average Bonchev–Trinajstić information content (AvgIpc) is 0.780. The van der Waals surface area contributed by atoms with E-state index in [4.69, 9.17) is 71.1 Å². The number of carbonyl (C=O) groups is 18. The zero-order valence-corrected chi connectivity index (χ0v) is 69.5. The van der Waals surface area contributed by atoms with Gasteiger partial charge >= 0.3 is 125 Å². The van der Waals surface area contributed by atoms with Gasteiger partial charge in [-0.3, -0.25) is 0 Å². The van der Waals surface area contributed by atoms with Crippen LogP contribution in [-0.2, 0) is 105 Å². The third-order valence-electron chi connectivity index (χ3n) is 17.2. The van der Waals surface area contributed by atoms with Crippen LogP contribution in [-0.4, -0.2) is 234 Å². The topological polar surface area (TPSA) is 572 Å². The first-order valence-corrected chi connectivity index (χ1v) is 38.2. The maximum atomic E-state index is 14.4. The molecule has 0 saturated carbocycles. The second-order valence-electron chi connectivity index (χ2n) is 27.1. The highest BCUT2D eigenvalue weighted by Gasteiger charge is 2.31. The summed E-state index contributed by atoms with van der Waals surface area (Å²) in [5, 5.41) is 30.4. The van der Waals surface area contributed by atoms with E-state index in [2.05, 4.69) is 19.7 Å². The molecule has 1 aromatic heterocycles. The van der Waals surface area contributed by atoms with Crippen LogP contribution in [0.4, 0.5) is 0 Å². The van der Waals surface area contributed by atoms with Crippen molar-refractivity contribution in [3.63, 3.8) is 0 Å². The molecule has 0 aliphatic rings. The van der Waals surface area contributed by atoms with E-state index in [9.17, 15) is 116 Å². The second kappa shape index (κ2) is 47.3. The van der Waals surface area contributed by atoms with Gasteiger partial charge in [-0.1, -0.05) is 56.1 Å². The molecule has 3 unspecified atom stereocenters. The van der Waals surface area contributed by atoms with E-state index >= 15 is 0 Å². The van der Waals surface area contributed by atoms with Crippen LogP contribution in [0.15, 0.2) is 178 Å². The summed E-state index contributed by atoms with van der Waals surface area (Å²) >= 11 is 0. The first kappa shape index (κ1) is 99.5. The Morgan fingerprint density at radius 3 is 0.667 bits per heavy atom. The van der Waals surface area contributed by atoms with Gasteiger partial charge in [0.2, 0.25) is 0 Å². The maximum absolute atomic E-state index is 14.4. The van der Waals surface area contributed by atoms with Gasteiger partial charge in [-0.15, -0.1) is 0 Å². The number of esters is 15. The minimum absolute atomic E-state index is 0.0919. The van der Waals surface area contributed by atoms with E-state index in [0.717, 1.165) is 54.6 Å². The predicted octanol–water partition coefficient (Wildman–Crippen LogP) is 5.87. The lowest BCUT2D eigenvalue weighted by Crippen LogP contribution is -2.55. The van der Waals surface area contributed by atoms with E-state index in [0.29, 0.717) is 0 Å². The first-order valence-electron chi connectivity index (χ1n) is 38.2. The second-order valence-corrected chi connectivity index (χ2v) is 27.1. The Morgan fingerprint density at radius 2 is 0.457 bits per heavy atom. The van der Waals surface area contributed by atoms with Crippen molar-refractivity contribution in [3.05, 3.63) is 279 Å². The van der Waals surface area contributed by atoms with Crippen molar-refractivity contribution in [2.45, 2.75) is 79.5 Å². The van der Waals surface area contributed by atoms with Crippen LogP contribution < -0.4 is 17.1 Å². The summed E-state index contributed by atoms with van der Waals surface area (Å²) < 4.78 is 78.6. The molecule has 7 aromatic rings. The summed E-state index contributed by atoms with van der Waals surface area (Å²) in [4.78, 5) is 276. The van der Waals surface area contributed by atoms with Gasteiger partial charge in [0.1, 0.15) is 97.6 Å². The molecule has 3 N–H and O–H groups in total. The van der Waals surface area contributed by atoms with Crippen molar-refractivity contribution in [2.75, 3.05) is 79.3 Å². The molecule has 0 bridgehead atoms. The van der Waals surface area contributed by atoms with Crippen LogP contribution >= 0.6 is 0 Å². The van der Waals surface area contributed by atoms with Gasteiger partial charge in [-0.2, -0.15) is 0 Å². The summed E-state index contributed by atoms with van der Waals surface area (Å²) in [7, 11) is 0. The third kappa shape index (κ3) is 28.2. The number of rotatable bonds is 45. The molecule has 0 amide bonds. The molecule has 0 radical (unpaired) electrons. The summed E-state index contributed by atoms with van der Waals surface area (Å²) in [6.45, 7) is 7.79. The van der Waals surface area contributed by atoms with Crippen LogP contribution in [0.2, 0.25) is 0 Å². The lowest BCUT2D eigenvalue weighted by Gasteiger charge is -2.16. The highest BCUT2D eigenvalue weighted by Crippen LogP contribution is 2.23. The number of aromatic nitrogens is 3. The molecule has 0 fully saturated rings. The molecule has 3 atom stereocenters. The largest absolute Gasteiger partial charge is 0.478 e. The molecule has 0 spiro atoms.